The molecule has 0 bridgehead atoms. The molecule has 12 nitrogen and oxygen atoms in total. The molecule has 0 atom stereocenters. The molecule has 1 N–H and O–H groups in total. The maximum Gasteiger partial charge on any atom is 0.416 e. The summed E-state index contributed by atoms with van der Waals surface area (Å²) in [7, 11) is 0.265. The van der Waals surface area contributed by atoms with Gasteiger partial charge in [-0.25, -0.2) is 27.3 Å². The number of quaternary nitrogens is 1. The van der Waals surface area contributed by atoms with Crippen LogP contribution < -0.4 is 11.0 Å². The Kier molecular flexibility index (Phi) is 11.2. The fourth-order valence-corrected chi connectivity index (χ4v) is 8.09. The topological polar surface area (TPSA) is 155 Å². The highest BCUT2D eigenvalue weighted by Gasteiger charge is 2.42. The van der Waals surface area contributed by atoms with E-state index in [1.807, 2.05) is 0 Å². The Labute approximate surface area is 322 Å². The molecule has 0 radical (unpaired) electrons. The van der Waals surface area contributed by atoms with Crippen LogP contribution in [-0.4, -0.2) is 75.6 Å². The second-order valence-corrected chi connectivity index (χ2v) is 16.5. The number of rotatable bonds is 5. The molecule has 1 saturated carbocycles. The minimum Gasteiger partial charge on any atom is -0.744 e. The maximum atomic E-state index is 14.1. The van der Waals surface area contributed by atoms with Crippen LogP contribution in [0.2, 0.25) is 0 Å². The molecule has 7 rings (SSSR count). The lowest BCUT2D eigenvalue weighted by Gasteiger charge is -2.47. The standard InChI is InChI=1S/C34H36F3N7O2.C6H6O3S/c1-23-30(29-13-18-39-43(29)27-9-7-24(22-38)8-10-27)42(32(46)41(23)28-6-4-5-25(21-28)34(35,36)37)31(45)40-26-11-14-33(15-12-26)16-19-44(2,3)20-17-33;7-10(8,9)6-4-2-1-3-5-6/h4-10,13,18,21,26H,11-12,14-17,19-20H2,1-3H3;1-5H,(H,7,8,9). The van der Waals surface area contributed by atoms with E-state index in [4.69, 9.17) is 0 Å². The second-order valence-electron chi connectivity index (χ2n) is 15.1. The largest absolute Gasteiger partial charge is 0.744 e. The number of nitrogens with zero attached hydrogens (tertiary/aromatic N) is 6. The van der Waals surface area contributed by atoms with E-state index in [-0.39, 0.29) is 33.4 Å². The summed E-state index contributed by atoms with van der Waals surface area (Å²) >= 11 is 0. The highest BCUT2D eigenvalue weighted by Crippen LogP contribution is 2.45. The third-order valence-corrected chi connectivity index (χ3v) is 11.8. The van der Waals surface area contributed by atoms with Gasteiger partial charge in [-0.1, -0.05) is 24.3 Å². The molecular formula is C40H42F3N7O5S. The van der Waals surface area contributed by atoms with Gasteiger partial charge in [0.25, 0.3) is 0 Å². The molecule has 1 saturated heterocycles. The van der Waals surface area contributed by atoms with Crippen molar-refractivity contribution in [2.75, 3.05) is 27.2 Å². The Morgan fingerprint density at radius 3 is 2.16 bits per heavy atom. The van der Waals surface area contributed by atoms with Crippen LogP contribution in [0.3, 0.4) is 0 Å². The summed E-state index contributed by atoms with van der Waals surface area (Å²) in [4.78, 5) is 28.0. The van der Waals surface area contributed by atoms with Gasteiger partial charge in [0.05, 0.1) is 78.2 Å². The van der Waals surface area contributed by atoms with Crippen LogP contribution in [0.5, 0.6) is 0 Å². The fraction of sp³-hybridized carbons (Fsp3) is 0.350. The van der Waals surface area contributed by atoms with Crippen LogP contribution in [0.15, 0.2) is 101 Å². The molecule has 3 aromatic carbocycles. The molecule has 1 spiro atoms. The molecule has 5 aromatic rings. The van der Waals surface area contributed by atoms with Crippen molar-refractivity contribution >= 4 is 16.1 Å². The zero-order valence-electron chi connectivity index (χ0n) is 31.2. The normalized spacial score (nSPS) is 16.8. The first-order valence-corrected chi connectivity index (χ1v) is 19.5. The molecule has 3 heterocycles. The highest BCUT2D eigenvalue weighted by molar-refractivity contribution is 7.85. The van der Waals surface area contributed by atoms with Gasteiger partial charge in [0, 0.05) is 18.9 Å². The first-order chi connectivity index (χ1) is 26.4. The number of amides is 1. The zero-order valence-corrected chi connectivity index (χ0v) is 32.0. The summed E-state index contributed by atoms with van der Waals surface area (Å²) in [5.74, 6) is 0. The minimum absolute atomic E-state index is 0.00667. The molecular weight excluding hydrogens is 748 g/mol. The molecule has 16 heteroatoms. The Hall–Kier alpha value is -5.50. The first kappa shape index (κ1) is 40.2. The molecule has 2 fully saturated rings. The smallest absolute Gasteiger partial charge is 0.416 e. The molecule has 1 amide bonds. The number of piperidine rings is 1. The Bertz CT molecular complexity index is 2410. The van der Waals surface area contributed by atoms with Gasteiger partial charge in [0.2, 0.25) is 0 Å². The van der Waals surface area contributed by atoms with Gasteiger partial charge < -0.3 is 14.4 Å². The summed E-state index contributed by atoms with van der Waals surface area (Å²) in [5, 5.41) is 16.7. The van der Waals surface area contributed by atoms with Gasteiger partial charge >= 0.3 is 17.9 Å². The van der Waals surface area contributed by atoms with Crippen LogP contribution in [0.25, 0.3) is 22.8 Å². The number of nitriles is 1. The lowest BCUT2D eigenvalue weighted by molar-refractivity contribution is -0.897. The van der Waals surface area contributed by atoms with Crippen LogP contribution >= 0.6 is 0 Å². The number of nitrogens with one attached hydrogen (secondary N) is 1. The Morgan fingerprint density at radius 2 is 1.59 bits per heavy atom. The van der Waals surface area contributed by atoms with Gasteiger partial charge in [0.15, 0.2) is 0 Å². The number of likely N-dealkylation sites (tertiary alicyclic amines) is 1. The number of halogens is 3. The van der Waals surface area contributed by atoms with E-state index in [0.29, 0.717) is 16.9 Å². The number of alkyl halides is 3. The Balaban J connectivity index is 0.000000463. The van der Waals surface area contributed by atoms with E-state index in [1.165, 1.54) is 47.3 Å². The molecule has 2 aromatic heterocycles. The highest BCUT2D eigenvalue weighted by atomic mass is 32.2. The van der Waals surface area contributed by atoms with Crippen LogP contribution in [0.4, 0.5) is 18.0 Å². The fourth-order valence-electron chi connectivity index (χ4n) is 7.60. The molecule has 294 valence electrons. The SMILES string of the molecule is Cc1c(-c2ccnn2-c2ccc(C#N)cc2)n(C(=O)NC2CCC3(CC2)CC[N+](C)(C)CC3)c(=O)n1-c1cccc(C(F)(F)F)c1.O=S(=O)([O-])c1ccccc1. The summed E-state index contributed by atoms with van der Waals surface area (Å²) < 4.78 is 76.5. The van der Waals surface area contributed by atoms with Gasteiger partial charge in [0.1, 0.15) is 15.8 Å². The number of aromatic nitrogens is 4. The van der Waals surface area contributed by atoms with E-state index >= 15 is 0 Å². The number of benzene rings is 3. The molecule has 1 aliphatic carbocycles. The van der Waals surface area contributed by atoms with Crippen molar-refractivity contribution in [3.05, 3.63) is 118 Å². The van der Waals surface area contributed by atoms with E-state index in [9.17, 15) is 41.0 Å². The van der Waals surface area contributed by atoms with E-state index in [2.05, 4.69) is 30.6 Å². The third kappa shape index (κ3) is 8.65. The maximum absolute atomic E-state index is 14.1. The van der Waals surface area contributed by atoms with Crippen molar-refractivity contribution in [3.63, 3.8) is 0 Å². The quantitative estimate of drug-likeness (QED) is 0.155. The van der Waals surface area contributed by atoms with Crippen molar-refractivity contribution in [2.24, 2.45) is 5.41 Å². The van der Waals surface area contributed by atoms with Crippen LogP contribution in [0.1, 0.15) is 55.3 Å². The summed E-state index contributed by atoms with van der Waals surface area (Å²) in [6.07, 6.45) is 2.79. The first-order valence-electron chi connectivity index (χ1n) is 18.1. The molecule has 1 aliphatic heterocycles. The van der Waals surface area contributed by atoms with E-state index in [1.54, 1.807) is 43.3 Å². The molecule has 0 unspecified atom stereocenters. The van der Waals surface area contributed by atoms with Crippen LogP contribution in [0, 0.1) is 23.7 Å². The summed E-state index contributed by atoms with van der Waals surface area (Å²) in [6.45, 7) is 3.86. The monoisotopic (exact) mass is 789 g/mol. The zero-order chi connectivity index (χ0) is 40.5. The second kappa shape index (κ2) is 15.6. The Morgan fingerprint density at radius 1 is 0.946 bits per heavy atom. The van der Waals surface area contributed by atoms with Gasteiger partial charge in [-0.05, 0) is 98.7 Å². The summed E-state index contributed by atoms with van der Waals surface area (Å²) in [5.41, 5.74) is 0.506. The van der Waals surface area contributed by atoms with Gasteiger partial charge in [-0.15, -0.1) is 0 Å². The van der Waals surface area contributed by atoms with Crippen molar-refractivity contribution in [2.45, 2.75) is 62.6 Å². The number of carbonyl (C=O) groups is 1. The van der Waals surface area contributed by atoms with E-state index < -0.39 is 33.6 Å². The molecule has 56 heavy (non-hydrogen) atoms. The van der Waals surface area contributed by atoms with E-state index in [0.717, 1.165) is 77.4 Å². The lowest BCUT2D eigenvalue weighted by Crippen LogP contribution is -2.52. The van der Waals surface area contributed by atoms with Crippen molar-refractivity contribution in [1.82, 2.24) is 24.2 Å². The number of carbonyl (C=O) groups excluding carboxylic acids is 1. The number of hydrogen-bond donors (Lipinski definition) is 1. The van der Waals surface area contributed by atoms with Crippen molar-refractivity contribution in [3.8, 4) is 28.8 Å². The molecule has 2 aliphatic rings. The van der Waals surface area contributed by atoms with Crippen LogP contribution in [-0.2, 0) is 16.3 Å². The average Bonchev–Trinajstić information content (AvgIpc) is 3.75. The number of hydrogen-bond acceptors (Lipinski definition) is 7. The van der Waals surface area contributed by atoms with Crippen molar-refractivity contribution in [1.29, 1.82) is 5.26 Å². The van der Waals surface area contributed by atoms with Crippen molar-refractivity contribution < 1.29 is 35.4 Å². The van der Waals surface area contributed by atoms with Gasteiger partial charge in [-0.3, -0.25) is 4.57 Å². The predicted molar refractivity (Wildman–Crippen MR) is 201 cm³/mol. The predicted octanol–water partition coefficient (Wildman–Crippen LogP) is 6.64. The lowest BCUT2D eigenvalue weighted by atomic mass is 9.66. The summed E-state index contributed by atoms with van der Waals surface area (Å²) in [6, 6.07) is 21.3. The minimum atomic E-state index is -4.62. The third-order valence-electron chi connectivity index (χ3n) is 10.9. The average molecular weight is 790 g/mol. The number of imidazole rings is 1. The van der Waals surface area contributed by atoms with Gasteiger partial charge in [-0.2, -0.15) is 23.5 Å².